The minimum Gasteiger partial charge on any atom is -0.492 e. The van der Waals surface area contributed by atoms with E-state index in [1.54, 1.807) is 6.20 Å². The first-order valence-corrected chi connectivity index (χ1v) is 11.7. The van der Waals surface area contributed by atoms with E-state index in [0.29, 0.717) is 31.1 Å². The zero-order valence-electron chi connectivity index (χ0n) is 20.1. The van der Waals surface area contributed by atoms with Crippen LogP contribution in [0.3, 0.4) is 0 Å². The standard InChI is InChI=1S/C27H26N6O3/c1-3-26(34)29-10-13-35-20-5-6-23-22(15-20)27(31-17-30-23)32-19-4-7-24(18(2)14-19)36-21-8-11-33-12-9-28-25(33)16-21/h4-9,11-12,14-17H,3,10,13H2,1-2H3,(H,29,34)(H,30,31,32). The van der Waals surface area contributed by atoms with Crippen molar-refractivity contribution < 1.29 is 14.3 Å². The van der Waals surface area contributed by atoms with Crippen LogP contribution in [-0.4, -0.2) is 38.4 Å². The third-order valence-corrected chi connectivity index (χ3v) is 5.66. The second-order valence-corrected chi connectivity index (χ2v) is 8.22. The van der Waals surface area contributed by atoms with Gasteiger partial charge in [0.15, 0.2) is 0 Å². The first-order chi connectivity index (χ1) is 17.6. The zero-order valence-corrected chi connectivity index (χ0v) is 20.1. The lowest BCUT2D eigenvalue weighted by Crippen LogP contribution is -2.27. The van der Waals surface area contributed by atoms with Crippen molar-refractivity contribution >= 4 is 34.0 Å². The summed E-state index contributed by atoms with van der Waals surface area (Å²) in [5, 5.41) is 7.02. The number of ether oxygens (including phenoxy) is 2. The summed E-state index contributed by atoms with van der Waals surface area (Å²) in [6.07, 6.45) is 7.55. The number of anilines is 2. The average Bonchev–Trinajstić information content (AvgIpc) is 3.36. The lowest BCUT2D eigenvalue weighted by atomic mass is 10.2. The number of aromatic nitrogens is 4. The highest BCUT2D eigenvalue weighted by Crippen LogP contribution is 2.31. The van der Waals surface area contributed by atoms with Gasteiger partial charge in [-0.1, -0.05) is 6.92 Å². The van der Waals surface area contributed by atoms with Gasteiger partial charge in [-0.2, -0.15) is 0 Å². The van der Waals surface area contributed by atoms with E-state index in [9.17, 15) is 4.79 Å². The Hall–Kier alpha value is -4.66. The number of benzene rings is 2. The summed E-state index contributed by atoms with van der Waals surface area (Å²) in [5.41, 5.74) is 3.47. The number of carbonyl (C=O) groups excluding carboxylic acids is 1. The van der Waals surface area contributed by atoms with E-state index in [1.807, 2.05) is 79.2 Å². The van der Waals surface area contributed by atoms with Crippen molar-refractivity contribution in [1.82, 2.24) is 24.7 Å². The van der Waals surface area contributed by atoms with Crippen molar-refractivity contribution in [3.05, 3.63) is 79.0 Å². The van der Waals surface area contributed by atoms with Gasteiger partial charge in [0.25, 0.3) is 0 Å². The number of rotatable bonds is 9. The summed E-state index contributed by atoms with van der Waals surface area (Å²) in [7, 11) is 0. The van der Waals surface area contributed by atoms with Crippen LogP contribution < -0.4 is 20.1 Å². The lowest BCUT2D eigenvalue weighted by Gasteiger charge is -2.13. The van der Waals surface area contributed by atoms with E-state index in [1.165, 1.54) is 6.33 Å². The van der Waals surface area contributed by atoms with E-state index in [0.717, 1.165) is 39.3 Å². The number of carbonyl (C=O) groups is 1. The average molecular weight is 483 g/mol. The van der Waals surface area contributed by atoms with Gasteiger partial charge < -0.3 is 24.5 Å². The molecule has 0 unspecified atom stereocenters. The molecule has 9 heteroatoms. The molecule has 0 radical (unpaired) electrons. The van der Waals surface area contributed by atoms with Crippen LogP contribution in [0, 0.1) is 6.92 Å². The largest absolute Gasteiger partial charge is 0.492 e. The number of nitrogens with one attached hydrogen (secondary N) is 2. The zero-order chi connectivity index (χ0) is 24.9. The first-order valence-electron chi connectivity index (χ1n) is 11.7. The van der Waals surface area contributed by atoms with Crippen molar-refractivity contribution in [3.8, 4) is 17.2 Å². The maximum absolute atomic E-state index is 11.4. The van der Waals surface area contributed by atoms with E-state index >= 15 is 0 Å². The molecular weight excluding hydrogens is 456 g/mol. The topological polar surface area (TPSA) is 103 Å². The third kappa shape index (κ3) is 5.20. The summed E-state index contributed by atoms with van der Waals surface area (Å²) < 4.78 is 13.8. The molecule has 0 fully saturated rings. The van der Waals surface area contributed by atoms with Crippen LogP contribution in [-0.2, 0) is 4.79 Å². The quantitative estimate of drug-likeness (QED) is 0.284. The van der Waals surface area contributed by atoms with E-state index in [-0.39, 0.29) is 5.91 Å². The molecule has 9 nitrogen and oxygen atoms in total. The summed E-state index contributed by atoms with van der Waals surface area (Å²) in [6, 6.07) is 15.3. The minimum absolute atomic E-state index is 0.00259. The Morgan fingerprint density at radius 2 is 1.92 bits per heavy atom. The molecule has 3 heterocycles. The second-order valence-electron chi connectivity index (χ2n) is 8.22. The predicted octanol–water partition coefficient (Wildman–Crippen LogP) is 5.03. The minimum atomic E-state index is 0.00259. The van der Waals surface area contributed by atoms with Gasteiger partial charge in [0.05, 0.1) is 12.1 Å². The lowest BCUT2D eigenvalue weighted by molar-refractivity contribution is -0.120. The van der Waals surface area contributed by atoms with Gasteiger partial charge in [-0.15, -0.1) is 0 Å². The fourth-order valence-electron chi connectivity index (χ4n) is 3.77. The molecule has 0 saturated carbocycles. The molecule has 0 aliphatic heterocycles. The predicted molar refractivity (Wildman–Crippen MR) is 138 cm³/mol. The Morgan fingerprint density at radius 1 is 1.00 bits per heavy atom. The van der Waals surface area contributed by atoms with Gasteiger partial charge in [0.2, 0.25) is 5.91 Å². The fourth-order valence-corrected chi connectivity index (χ4v) is 3.77. The maximum atomic E-state index is 11.4. The molecule has 0 bridgehead atoms. The maximum Gasteiger partial charge on any atom is 0.219 e. The molecule has 0 aliphatic rings. The Kier molecular flexibility index (Phi) is 6.61. The molecule has 5 rings (SSSR count). The molecule has 36 heavy (non-hydrogen) atoms. The van der Waals surface area contributed by atoms with Gasteiger partial charge >= 0.3 is 0 Å². The van der Waals surface area contributed by atoms with Crippen molar-refractivity contribution in [2.24, 2.45) is 0 Å². The van der Waals surface area contributed by atoms with Crippen LogP contribution >= 0.6 is 0 Å². The highest BCUT2D eigenvalue weighted by molar-refractivity contribution is 5.91. The van der Waals surface area contributed by atoms with E-state index in [2.05, 4.69) is 25.6 Å². The molecule has 182 valence electrons. The first kappa shape index (κ1) is 23.1. The molecule has 2 aromatic carbocycles. The molecule has 0 spiro atoms. The monoisotopic (exact) mass is 482 g/mol. The van der Waals surface area contributed by atoms with Crippen LogP contribution in [0.15, 0.2) is 73.4 Å². The number of hydrogen-bond acceptors (Lipinski definition) is 7. The van der Waals surface area contributed by atoms with Crippen LogP contribution in [0.25, 0.3) is 16.6 Å². The number of amides is 1. The number of fused-ring (bicyclic) bond motifs is 2. The van der Waals surface area contributed by atoms with Crippen LogP contribution in [0.2, 0.25) is 0 Å². The van der Waals surface area contributed by atoms with Crippen molar-refractivity contribution in [1.29, 1.82) is 0 Å². The summed E-state index contributed by atoms with van der Waals surface area (Å²) >= 11 is 0. The summed E-state index contributed by atoms with van der Waals surface area (Å²) in [5.74, 6) is 2.83. The van der Waals surface area contributed by atoms with Crippen LogP contribution in [0.1, 0.15) is 18.9 Å². The van der Waals surface area contributed by atoms with Crippen LogP contribution in [0.5, 0.6) is 17.2 Å². The third-order valence-electron chi connectivity index (χ3n) is 5.66. The van der Waals surface area contributed by atoms with Gasteiger partial charge in [0, 0.05) is 42.2 Å². The van der Waals surface area contributed by atoms with Gasteiger partial charge in [-0.3, -0.25) is 4.79 Å². The number of hydrogen-bond donors (Lipinski definition) is 2. The molecule has 5 aromatic rings. The number of pyridine rings is 1. The van der Waals surface area contributed by atoms with Crippen molar-refractivity contribution in [2.75, 3.05) is 18.5 Å². The molecule has 0 aliphatic carbocycles. The number of aryl methyl sites for hydroxylation is 1. The summed E-state index contributed by atoms with van der Waals surface area (Å²) in [4.78, 5) is 24.5. The fraction of sp³-hybridized carbons (Fsp3) is 0.185. The Labute approximate surface area is 208 Å². The normalized spacial score (nSPS) is 10.9. The highest BCUT2D eigenvalue weighted by atomic mass is 16.5. The molecule has 2 N–H and O–H groups in total. The van der Waals surface area contributed by atoms with Gasteiger partial charge in [0.1, 0.15) is 41.6 Å². The van der Waals surface area contributed by atoms with Crippen molar-refractivity contribution in [2.45, 2.75) is 20.3 Å². The van der Waals surface area contributed by atoms with Crippen molar-refractivity contribution in [3.63, 3.8) is 0 Å². The SMILES string of the molecule is CCC(=O)NCCOc1ccc2ncnc(Nc3ccc(Oc4ccn5ccnc5c4)c(C)c3)c2c1. The number of imidazole rings is 1. The summed E-state index contributed by atoms with van der Waals surface area (Å²) in [6.45, 7) is 4.64. The molecule has 3 aromatic heterocycles. The highest BCUT2D eigenvalue weighted by Gasteiger charge is 2.09. The van der Waals surface area contributed by atoms with E-state index in [4.69, 9.17) is 9.47 Å². The Morgan fingerprint density at radius 3 is 2.78 bits per heavy atom. The van der Waals surface area contributed by atoms with Gasteiger partial charge in [-0.25, -0.2) is 15.0 Å². The molecule has 0 saturated heterocycles. The van der Waals surface area contributed by atoms with E-state index < -0.39 is 0 Å². The van der Waals surface area contributed by atoms with Crippen LogP contribution in [0.4, 0.5) is 11.5 Å². The Bertz CT molecular complexity index is 1530. The second kappa shape index (κ2) is 10.3. The molecule has 0 atom stereocenters. The number of nitrogens with zero attached hydrogens (tertiary/aromatic N) is 4. The molecular formula is C27H26N6O3. The van der Waals surface area contributed by atoms with Gasteiger partial charge in [-0.05, 0) is 55.0 Å². The molecule has 1 amide bonds. The smallest absolute Gasteiger partial charge is 0.219 e. The Balaban J connectivity index is 1.30.